The summed E-state index contributed by atoms with van der Waals surface area (Å²) in [5.41, 5.74) is 5.99. The zero-order chi connectivity index (χ0) is 16.5. The van der Waals surface area contributed by atoms with Gasteiger partial charge in [0.25, 0.3) is 0 Å². The van der Waals surface area contributed by atoms with Gasteiger partial charge in [-0.15, -0.1) is 0 Å². The molecule has 1 rings (SSSR count). The van der Waals surface area contributed by atoms with Crippen LogP contribution in [0.1, 0.15) is 46.0 Å². The number of nitrogens with two attached hydrogens (primary N) is 1. The number of hydrogen-bond donors (Lipinski definition) is 4. The normalized spacial score (nSPS) is 16.0. The van der Waals surface area contributed by atoms with Crippen molar-refractivity contribution in [2.24, 2.45) is 5.73 Å². The van der Waals surface area contributed by atoms with Gasteiger partial charge in [-0.3, -0.25) is 0 Å². The van der Waals surface area contributed by atoms with E-state index in [9.17, 15) is 0 Å². The lowest BCUT2D eigenvalue weighted by molar-refractivity contribution is 0.0533. The van der Waals surface area contributed by atoms with Gasteiger partial charge in [0, 0.05) is 18.8 Å². The second kappa shape index (κ2) is 17.4. The van der Waals surface area contributed by atoms with Crippen LogP contribution in [0, 0.1) is 0 Å². The summed E-state index contributed by atoms with van der Waals surface area (Å²) in [4.78, 5) is 2.21. The van der Waals surface area contributed by atoms with Crippen LogP contribution in [0.25, 0.3) is 0 Å². The summed E-state index contributed by atoms with van der Waals surface area (Å²) in [5, 5.41) is 20.7. The lowest BCUT2D eigenvalue weighted by atomic mass is 10.1. The molecule has 0 aliphatic carbocycles. The molecule has 1 fully saturated rings. The van der Waals surface area contributed by atoms with Crippen LogP contribution in [-0.2, 0) is 0 Å². The van der Waals surface area contributed by atoms with E-state index in [0.717, 1.165) is 31.8 Å². The summed E-state index contributed by atoms with van der Waals surface area (Å²) in [5.74, 6) is 0. The van der Waals surface area contributed by atoms with Crippen molar-refractivity contribution in [1.82, 2.24) is 10.2 Å². The second-order valence-corrected chi connectivity index (χ2v) is 5.42. The van der Waals surface area contributed by atoms with Gasteiger partial charge in [0.2, 0.25) is 0 Å². The zero-order valence-electron chi connectivity index (χ0n) is 14.3. The van der Waals surface area contributed by atoms with Crippen molar-refractivity contribution < 1.29 is 10.2 Å². The minimum Gasteiger partial charge on any atom is -0.402 e. The Hall–Kier alpha value is -0.620. The van der Waals surface area contributed by atoms with Crippen molar-refractivity contribution in [2.75, 3.05) is 39.8 Å². The van der Waals surface area contributed by atoms with E-state index in [2.05, 4.69) is 30.6 Å². The summed E-state index contributed by atoms with van der Waals surface area (Å²) in [6, 6.07) is 0. The van der Waals surface area contributed by atoms with Crippen LogP contribution in [-0.4, -0.2) is 61.1 Å². The third-order valence-corrected chi connectivity index (χ3v) is 2.82. The number of β-amino-alcohol motifs (C(OH)–C–C–N with tert-alkyl or cyclic N) is 1. The van der Waals surface area contributed by atoms with Crippen LogP contribution in [0.2, 0.25) is 0 Å². The molecule has 1 saturated heterocycles. The van der Waals surface area contributed by atoms with Crippen molar-refractivity contribution in [2.45, 2.75) is 52.1 Å². The van der Waals surface area contributed by atoms with Crippen molar-refractivity contribution in [3.63, 3.8) is 0 Å². The van der Waals surface area contributed by atoms with Gasteiger partial charge in [-0.25, -0.2) is 0 Å². The van der Waals surface area contributed by atoms with Crippen LogP contribution < -0.4 is 11.1 Å². The van der Waals surface area contributed by atoms with Crippen LogP contribution in [0.15, 0.2) is 12.3 Å². The van der Waals surface area contributed by atoms with Gasteiger partial charge in [0.15, 0.2) is 0 Å². The molecule has 1 heterocycles. The average Bonchev–Trinajstić information content (AvgIpc) is 2.47. The zero-order valence-corrected chi connectivity index (χ0v) is 14.3. The fourth-order valence-corrected chi connectivity index (χ4v) is 1.78. The molecule has 0 spiro atoms. The van der Waals surface area contributed by atoms with Gasteiger partial charge in [0.1, 0.15) is 0 Å². The minimum absolute atomic E-state index is 0.115. The summed E-state index contributed by atoms with van der Waals surface area (Å²) < 4.78 is 0. The minimum atomic E-state index is -0.548. The topological polar surface area (TPSA) is 81.8 Å². The molecule has 21 heavy (non-hydrogen) atoms. The van der Waals surface area contributed by atoms with Gasteiger partial charge in [-0.2, -0.15) is 0 Å². The Labute approximate surface area is 131 Å². The summed E-state index contributed by atoms with van der Waals surface area (Å²) >= 11 is 0. The molecule has 0 radical (unpaired) electrons. The van der Waals surface area contributed by atoms with E-state index in [4.69, 9.17) is 15.9 Å². The van der Waals surface area contributed by atoms with E-state index in [-0.39, 0.29) is 6.61 Å². The molecule has 0 aromatic rings. The number of rotatable bonds is 6. The molecule has 1 aliphatic rings. The molecule has 1 unspecified atom stereocenters. The quantitative estimate of drug-likeness (QED) is 0.595. The molecular weight excluding hydrogens is 266 g/mol. The fraction of sp³-hybridized carbons (Fsp3) is 0.875. The highest BCUT2D eigenvalue weighted by Gasteiger charge is 2.13. The van der Waals surface area contributed by atoms with Crippen molar-refractivity contribution in [1.29, 1.82) is 0 Å². The van der Waals surface area contributed by atoms with Crippen LogP contribution in [0.3, 0.4) is 0 Å². The lowest BCUT2D eigenvalue weighted by Crippen LogP contribution is -2.37. The Balaban J connectivity index is 0. The fourth-order valence-electron chi connectivity index (χ4n) is 1.78. The number of nitrogens with one attached hydrogen (secondary N) is 1. The van der Waals surface area contributed by atoms with Gasteiger partial charge < -0.3 is 26.2 Å². The molecule has 0 amide bonds. The SMILES string of the molecule is C=C(N)CCNC.CCC.OCC(O)CN1CCCCC1. The van der Waals surface area contributed by atoms with Gasteiger partial charge in [-0.05, 0) is 39.4 Å². The van der Waals surface area contributed by atoms with Crippen LogP contribution in [0.4, 0.5) is 0 Å². The van der Waals surface area contributed by atoms with E-state index >= 15 is 0 Å². The maximum Gasteiger partial charge on any atom is 0.0897 e. The predicted molar refractivity (Wildman–Crippen MR) is 91.2 cm³/mol. The Bertz CT molecular complexity index is 220. The van der Waals surface area contributed by atoms with E-state index in [1.807, 2.05) is 7.05 Å². The number of aliphatic hydroxyl groups is 2. The largest absolute Gasteiger partial charge is 0.402 e. The molecule has 0 aromatic heterocycles. The Kier molecular flexibility index (Phi) is 18.8. The summed E-state index contributed by atoms with van der Waals surface area (Å²) in [6.07, 6.45) is 5.35. The lowest BCUT2D eigenvalue weighted by Gasteiger charge is -2.27. The first kappa shape index (κ1) is 22.7. The maximum atomic E-state index is 9.12. The number of piperidine rings is 1. The number of hydrogen-bond acceptors (Lipinski definition) is 5. The standard InChI is InChI=1S/C8H17NO2.C5H12N2.C3H8/c10-7-8(11)6-9-4-2-1-3-5-9;1-5(6)3-4-7-2;1-3-2/h8,10-11H,1-7H2;7H,1,3-4,6H2,2H3;3H2,1-2H3. The first-order valence-electron chi connectivity index (χ1n) is 8.10. The molecule has 5 N–H and O–H groups in total. The molecule has 128 valence electrons. The van der Waals surface area contributed by atoms with Crippen LogP contribution in [0.5, 0.6) is 0 Å². The van der Waals surface area contributed by atoms with Gasteiger partial charge in [0.05, 0.1) is 12.7 Å². The van der Waals surface area contributed by atoms with Crippen LogP contribution >= 0.6 is 0 Å². The van der Waals surface area contributed by atoms with Gasteiger partial charge >= 0.3 is 0 Å². The predicted octanol–water partition coefficient (Wildman–Crippen LogP) is 1.31. The monoisotopic (exact) mass is 303 g/mol. The first-order chi connectivity index (χ1) is 10.0. The molecular formula is C16H37N3O2. The average molecular weight is 303 g/mol. The van der Waals surface area contributed by atoms with Gasteiger partial charge in [-0.1, -0.05) is 33.3 Å². The third kappa shape index (κ3) is 19.4. The molecule has 0 aromatic carbocycles. The van der Waals surface area contributed by atoms with E-state index < -0.39 is 6.10 Å². The third-order valence-electron chi connectivity index (χ3n) is 2.82. The highest BCUT2D eigenvalue weighted by atomic mass is 16.3. The first-order valence-corrected chi connectivity index (χ1v) is 8.10. The highest BCUT2D eigenvalue weighted by Crippen LogP contribution is 2.08. The summed E-state index contributed by atoms with van der Waals surface area (Å²) in [6.45, 7) is 11.4. The van der Waals surface area contributed by atoms with E-state index in [0.29, 0.717) is 6.54 Å². The summed E-state index contributed by atoms with van der Waals surface area (Å²) in [7, 11) is 1.89. The molecule has 5 heteroatoms. The van der Waals surface area contributed by atoms with Crippen molar-refractivity contribution in [3.8, 4) is 0 Å². The Morgan fingerprint density at radius 3 is 2.14 bits per heavy atom. The number of nitrogens with zero attached hydrogens (tertiary/aromatic N) is 1. The molecule has 0 bridgehead atoms. The van der Waals surface area contributed by atoms with E-state index in [1.165, 1.54) is 25.7 Å². The number of aliphatic hydroxyl groups excluding tert-OH is 2. The molecule has 1 atom stereocenters. The second-order valence-electron chi connectivity index (χ2n) is 5.42. The molecule has 1 aliphatic heterocycles. The van der Waals surface area contributed by atoms with Crippen molar-refractivity contribution >= 4 is 0 Å². The smallest absolute Gasteiger partial charge is 0.0897 e. The number of likely N-dealkylation sites (tertiary alicyclic amines) is 1. The van der Waals surface area contributed by atoms with Crippen molar-refractivity contribution in [3.05, 3.63) is 12.3 Å². The highest BCUT2D eigenvalue weighted by molar-refractivity contribution is 4.85. The maximum absolute atomic E-state index is 9.12. The Morgan fingerprint density at radius 1 is 1.29 bits per heavy atom. The molecule has 0 saturated carbocycles. The Morgan fingerprint density at radius 2 is 1.81 bits per heavy atom. The van der Waals surface area contributed by atoms with E-state index in [1.54, 1.807) is 0 Å². The molecule has 5 nitrogen and oxygen atoms in total.